The monoisotopic (exact) mass is 296 g/mol. The van der Waals surface area contributed by atoms with E-state index in [1.54, 1.807) is 6.08 Å². The summed E-state index contributed by atoms with van der Waals surface area (Å²) >= 11 is 0. The lowest BCUT2D eigenvalue weighted by Gasteiger charge is -2.45. The number of carbonyl (C=O) groups excluding carboxylic acids is 2. The van der Waals surface area contributed by atoms with Crippen molar-refractivity contribution in [2.45, 2.75) is 78.1 Å². The van der Waals surface area contributed by atoms with Crippen LogP contribution in [0.1, 0.15) is 59.8 Å². The van der Waals surface area contributed by atoms with Gasteiger partial charge in [0.05, 0.1) is 18.3 Å². The van der Waals surface area contributed by atoms with Gasteiger partial charge in [-0.2, -0.15) is 0 Å². The fourth-order valence-corrected chi connectivity index (χ4v) is 2.56. The Morgan fingerprint density at radius 2 is 1.95 bits per heavy atom. The van der Waals surface area contributed by atoms with Crippen LogP contribution in [0.5, 0.6) is 0 Å². The third-order valence-electron chi connectivity index (χ3n) is 4.38. The predicted octanol–water partition coefficient (Wildman–Crippen LogP) is 2.83. The lowest BCUT2D eigenvalue weighted by Crippen LogP contribution is -2.50. The highest BCUT2D eigenvalue weighted by atomic mass is 16.5. The number of hydrogen-bond acceptors (Lipinski definition) is 4. The van der Waals surface area contributed by atoms with Crippen molar-refractivity contribution in [3.63, 3.8) is 0 Å². The highest BCUT2D eigenvalue weighted by Gasteiger charge is 2.43. The van der Waals surface area contributed by atoms with Crippen molar-refractivity contribution in [3.05, 3.63) is 12.2 Å². The van der Waals surface area contributed by atoms with Gasteiger partial charge < -0.3 is 9.84 Å². The normalized spacial score (nSPS) is 28.7. The Labute approximate surface area is 127 Å². The van der Waals surface area contributed by atoms with E-state index in [4.69, 9.17) is 4.74 Å². The molecule has 0 spiro atoms. The Morgan fingerprint density at radius 3 is 2.52 bits per heavy atom. The first-order valence-corrected chi connectivity index (χ1v) is 7.85. The minimum absolute atomic E-state index is 0.0851. The molecule has 4 nitrogen and oxygen atoms in total. The maximum Gasteiger partial charge on any atom is 0.155 e. The molecule has 0 aromatic heterocycles. The molecule has 3 atom stereocenters. The van der Waals surface area contributed by atoms with E-state index < -0.39 is 6.10 Å². The van der Waals surface area contributed by atoms with Crippen LogP contribution in [0, 0.1) is 5.41 Å². The molecule has 120 valence electrons. The Hall–Kier alpha value is -1.00. The number of hydrogen-bond donors (Lipinski definition) is 1. The third-order valence-corrected chi connectivity index (χ3v) is 4.38. The smallest absolute Gasteiger partial charge is 0.155 e. The number of aliphatic hydroxyl groups is 1. The van der Waals surface area contributed by atoms with Crippen LogP contribution in [-0.2, 0) is 14.3 Å². The Balaban J connectivity index is 2.70. The molecule has 1 N–H and O–H groups in total. The van der Waals surface area contributed by atoms with Crippen LogP contribution in [0.15, 0.2) is 12.2 Å². The summed E-state index contributed by atoms with van der Waals surface area (Å²) in [5, 5.41) is 10.3. The van der Waals surface area contributed by atoms with Crippen LogP contribution in [0.4, 0.5) is 0 Å². The van der Waals surface area contributed by atoms with E-state index in [0.717, 1.165) is 0 Å². The summed E-state index contributed by atoms with van der Waals surface area (Å²) < 4.78 is 6.02. The Kier molecular flexibility index (Phi) is 6.75. The average Bonchev–Trinajstić information content (AvgIpc) is 2.43. The summed E-state index contributed by atoms with van der Waals surface area (Å²) in [6, 6.07) is 0. The highest BCUT2D eigenvalue weighted by molar-refractivity contribution is 5.89. The van der Waals surface area contributed by atoms with E-state index in [0.29, 0.717) is 32.1 Å². The van der Waals surface area contributed by atoms with Crippen LogP contribution in [-0.4, -0.2) is 35.0 Å². The number of aliphatic hydroxyl groups excluding tert-OH is 1. The van der Waals surface area contributed by atoms with Crippen LogP contribution >= 0.6 is 0 Å². The van der Waals surface area contributed by atoms with Gasteiger partial charge in [-0.15, -0.1) is 0 Å². The quantitative estimate of drug-likeness (QED) is 0.734. The van der Waals surface area contributed by atoms with Gasteiger partial charge in [0.1, 0.15) is 5.78 Å². The molecule has 1 fully saturated rings. The van der Waals surface area contributed by atoms with Gasteiger partial charge >= 0.3 is 0 Å². The SMILES string of the molecule is CCC(=O)/C=C/C[C@@H]1O[C@H](CC(=O)CC)C[C@H](O)C1(C)C. The van der Waals surface area contributed by atoms with Gasteiger partial charge in [-0.3, -0.25) is 9.59 Å². The number of ketones is 2. The van der Waals surface area contributed by atoms with E-state index in [1.165, 1.54) is 0 Å². The Bertz CT molecular complexity index is 398. The van der Waals surface area contributed by atoms with E-state index in [1.807, 2.05) is 33.8 Å². The van der Waals surface area contributed by atoms with Crippen molar-refractivity contribution >= 4 is 11.6 Å². The molecule has 0 saturated carbocycles. The van der Waals surface area contributed by atoms with Gasteiger partial charge in [0.25, 0.3) is 0 Å². The number of ether oxygens (including phenoxy) is 1. The maximum absolute atomic E-state index is 11.6. The molecule has 0 bridgehead atoms. The maximum atomic E-state index is 11.6. The van der Waals surface area contributed by atoms with Crippen molar-refractivity contribution in [1.29, 1.82) is 0 Å². The number of carbonyl (C=O) groups is 2. The van der Waals surface area contributed by atoms with Gasteiger partial charge in [0.2, 0.25) is 0 Å². The molecule has 0 amide bonds. The van der Waals surface area contributed by atoms with Crippen LogP contribution in [0.3, 0.4) is 0 Å². The molecule has 0 radical (unpaired) electrons. The standard InChI is InChI=1S/C17H28O4/c1-5-12(18)8-7-9-16-17(3,4)15(20)11-14(21-16)10-13(19)6-2/h7-8,14-16,20H,5-6,9-11H2,1-4H3/b8-7+/t14-,15+,16+/m1/s1. The minimum Gasteiger partial charge on any atom is -0.392 e. The molecule has 0 aliphatic carbocycles. The third kappa shape index (κ3) is 5.04. The van der Waals surface area contributed by atoms with E-state index in [-0.39, 0.29) is 29.2 Å². The first-order chi connectivity index (χ1) is 9.81. The summed E-state index contributed by atoms with van der Waals surface area (Å²) in [6.07, 6.45) is 4.90. The van der Waals surface area contributed by atoms with Gasteiger partial charge in [-0.25, -0.2) is 0 Å². The van der Waals surface area contributed by atoms with Gasteiger partial charge in [-0.1, -0.05) is 33.8 Å². The van der Waals surface area contributed by atoms with E-state index >= 15 is 0 Å². The molecule has 1 aliphatic rings. The lowest BCUT2D eigenvalue weighted by atomic mass is 9.74. The Morgan fingerprint density at radius 1 is 1.29 bits per heavy atom. The first-order valence-electron chi connectivity index (χ1n) is 7.85. The largest absolute Gasteiger partial charge is 0.392 e. The van der Waals surface area contributed by atoms with Crippen LogP contribution in [0.2, 0.25) is 0 Å². The summed E-state index contributed by atoms with van der Waals surface area (Å²) in [7, 11) is 0. The number of rotatable bonds is 7. The second-order valence-electron chi connectivity index (χ2n) is 6.37. The molecule has 4 heteroatoms. The predicted molar refractivity (Wildman–Crippen MR) is 82.0 cm³/mol. The lowest BCUT2D eigenvalue weighted by molar-refractivity contribution is -0.174. The van der Waals surface area contributed by atoms with Crippen molar-refractivity contribution < 1.29 is 19.4 Å². The average molecular weight is 296 g/mol. The molecule has 0 unspecified atom stereocenters. The molecular weight excluding hydrogens is 268 g/mol. The topological polar surface area (TPSA) is 63.6 Å². The van der Waals surface area contributed by atoms with Gasteiger partial charge in [-0.05, 0) is 12.5 Å². The molecule has 1 aliphatic heterocycles. The minimum atomic E-state index is -0.499. The molecule has 21 heavy (non-hydrogen) atoms. The summed E-state index contributed by atoms with van der Waals surface area (Å²) in [4.78, 5) is 22.9. The van der Waals surface area contributed by atoms with E-state index in [9.17, 15) is 14.7 Å². The molecule has 1 rings (SSSR count). The molecule has 0 aromatic carbocycles. The molecule has 1 heterocycles. The molecule has 0 aromatic rings. The molecule has 1 saturated heterocycles. The van der Waals surface area contributed by atoms with Crippen LogP contribution in [0.25, 0.3) is 0 Å². The van der Waals surface area contributed by atoms with Gasteiger partial charge in [0.15, 0.2) is 5.78 Å². The number of Topliss-reactive ketones (excluding diaryl/α,β-unsaturated/α-hetero) is 1. The first kappa shape index (κ1) is 18.1. The fourth-order valence-electron chi connectivity index (χ4n) is 2.56. The summed E-state index contributed by atoms with van der Waals surface area (Å²) in [6.45, 7) is 7.59. The van der Waals surface area contributed by atoms with Crippen molar-refractivity contribution in [2.75, 3.05) is 0 Å². The molecular formula is C17H28O4. The zero-order valence-electron chi connectivity index (χ0n) is 13.6. The summed E-state index contributed by atoms with van der Waals surface area (Å²) in [5.41, 5.74) is -0.384. The number of allylic oxidation sites excluding steroid dienone is 1. The van der Waals surface area contributed by atoms with Crippen molar-refractivity contribution in [3.8, 4) is 0 Å². The highest BCUT2D eigenvalue weighted by Crippen LogP contribution is 2.39. The van der Waals surface area contributed by atoms with Crippen molar-refractivity contribution in [2.24, 2.45) is 5.41 Å². The second kappa shape index (κ2) is 7.85. The van der Waals surface area contributed by atoms with Crippen LogP contribution < -0.4 is 0 Å². The van der Waals surface area contributed by atoms with E-state index in [2.05, 4.69) is 0 Å². The zero-order chi connectivity index (χ0) is 16.0. The second-order valence-corrected chi connectivity index (χ2v) is 6.37. The van der Waals surface area contributed by atoms with Gasteiger partial charge in [0, 0.05) is 31.1 Å². The van der Waals surface area contributed by atoms with Crippen molar-refractivity contribution in [1.82, 2.24) is 0 Å². The summed E-state index contributed by atoms with van der Waals surface area (Å²) in [5.74, 6) is 0.240. The zero-order valence-corrected chi connectivity index (χ0v) is 13.6. The fraction of sp³-hybridized carbons (Fsp3) is 0.765.